The van der Waals surface area contributed by atoms with Crippen LogP contribution in [0.3, 0.4) is 0 Å². The second kappa shape index (κ2) is 2.84. The molecule has 0 aliphatic carbocycles. The first-order valence-electron chi connectivity index (χ1n) is 3.29. The lowest BCUT2D eigenvalue weighted by molar-refractivity contribution is -0.130. The molecule has 0 aromatic carbocycles. The van der Waals surface area contributed by atoms with Gasteiger partial charge in [-0.25, -0.2) is 0 Å². The fraction of sp³-hybridized carbons (Fsp3) is 0.571. The van der Waals surface area contributed by atoms with E-state index in [0.717, 1.165) is 0 Å². The normalized spacial score (nSPS) is 32.0. The number of ketones is 1. The Morgan fingerprint density at radius 1 is 1.80 bits per heavy atom. The molecular weight excluding hydrogens is 132 g/mol. The quantitative estimate of drug-likeness (QED) is 0.570. The van der Waals surface area contributed by atoms with Crippen LogP contribution >= 0.6 is 0 Å². The van der Waals surface area contributed by atoms with Crippen LogP contribution in [0.4, 0.5) is 0 Å². The minimum atomic E-state index is -0.963. The van der Waals surface area contributed by atoms with Gasteiger partial charge in [-0.1, -0.05) is 6.92 Å². The van der Waals surface area contributed by atoms with Crippen LogP contribution < -0.4 is 0 Å². The first-order chi connectivity index (χ1) is 4.75. The second-order valence-corrected chi connectivity index (χ2v) is 2.23. The van der Waals surface area contributed by atoms with Crippen LogP contribution in [0.25, 0.3) is 0 Å². The summed E-state index contributed by atoms with van der Waals surface area (Å²) < 4.78 is 4.96. The molecule has 3 heteroatoms. The Bertz CT molecular complexity index is 162. The number of aliphatic hydroxyl groups excluding tert-OH is 1. The average Bonchev–Trinajstić information content (AvgIpc) is 1.95. The van der Waals surface area contributed by atoms with Crippen molar-refractivity contribution in [1.29, 1.82) is 0 Å². The number of ether oxygens (including phenoxy) is 1. The van der Waals surface area contributed by atoms with Gasteiger partial charge in [0.05, 0.1) is 6.26 Å². The molecule has 2 unspecified atom stereocenters. The van der Waals surface area contributed by atoms with E-state index >= 15 is 0 Å². The fourth-order valence-electron chi connectivity index (χ4n) is 0.883. The standard InChI is InChI=1S/C7H10O3/c1-2-6-7(9)5(8)3-4-10-6/h3-4,6-7,9H,2H2,1H3. The van der Waals surface area contributed by atoms with Crippen molar-refractivity contribution in [2.45, 2.75) is 25.6 Å². The average molecular weight is 142 g/mol. The third-order valence-electron chi connectivity index (χ3n) is 1.53. The van der Waals surface area contributed by atoms with Gasteiger partial charge in [0, 0.05) is 6.08 Å². The Kier molecular flexibility index (Phi) is 2.06. The van der Waals surface area contributed by atoms with Crippen molar-refractivity contribution in [1.82, 2.24) is 0 Å². The van der Waals surface area contributed by atoms with E-state index in [-0.39, 0.29) is 11.9 Å². The number of aliphatic hydroxyl groups is 1. The zero-order valence-electron chi connectivity index (χ0n) is 5.78. The Hall–Kier alpha value is -0.830. The van der Waals surface area contributed by atoms with Crippen molar-refractivity contribution in [2.24, 2.45) is 0 Å². The van der Waals surface area contributed by atoms with Gasteiger partial charge in [-0.15, -0.1) is 0 Å². The van der Waals surface area contributed by atoms with Gasteiger partial charge in [0.2, 0.25) is 0 Å². The van der Waals surface area contributed by atoms with E-state index in [1.54, 1.807) is 0 Å². The predicted molar refractivity (Wildman–Crippen MR) is 35.3 cm³/mol. The molecular formula is C7H10O3. The number of hydrogen-bond donors (Lipinski definition) is 1. The molecule has 1 aliphatic rings. The molecule has 1 aliphatic heterocycles. The lowest BCUT2D eigenvalue weighted by Crippen LogP contribution is -2.36. The fourth-order valence-corrected chi connectivity index (χ4v) is 0.883. The molecule has 0 saturated heterocycles. The van der Waals surface area contributed by atoms with E-state index in [4.69, 9.17) is 9.84 Å². The lowest BCUT2D eigenvalue weighted by atomic mass is 10.1. The lowest BCUT2D eigenvalue weighted by Gasteiger charge is -2.21. The zero-order chi connectivity index (χ0) is 7.56. The Morgan fingerprint density at radius 3 is 3.00 bits per heavy atom. The van der Waals surface area contributed by atoms with Crippen LogP contribution in [0.5, 0.6) is 0 Å². The topological polar surface area (TPSA) is 46.5 Å². The molecule has 0 fully saturated rings. The van der Waals surface area contributed by atoms with Gasteiger partial charge < -0.3 is 9.84 Å². The molecule has 1 heterocycles. The van der Waals surface area contributed by atoms with Gasteiger partial charge in [0.15, 0.2) is 11.9 Å². The van der Waals surface area contributed by atoms with Gasteiger partial charge in [-0.2, -0.15) is 0 Å². The molecule has 10 heavy (non-hydrogen) atoms. The second-order valence-electron chi connectivity index (χ2n) is 2.23. The van der Waals surface area contributed by atoms with Gasteiger partial charge in [-0.3, -0.25) is 4.79 Å². The molecule has 56 valence electrons. The number of carbonyl (C=O) groups excluding carboxylic acids is 1. The van der Waals surface area contributed by atoms with Crippen LogP contribution in [0.2, 0.25) is 0 Å². The monoisotopic (exact) mass is 142 g/mol. The van der Waals surface area contributed by atoms with Crippen LogP contribution in [0, 0.1) is 0 Å². The minimum absolute atomic E-state index is 0.266. The Morgan fingerprint density at radius 2 is 2.50 bits per heavy atom. The highest BCUT2D eigenvalue weighted by molar-refractivity contribution is 5.94. The van der Waals surface area contributed by atoms with Crippen LogP contribution in [-0.4, -0.2) is 23.1 Å². The van der Waals surface area contributed by atoms with E-state index in [1.807, 2.05) is 6.92 Å². The van der Waals surface area contributed by atoms with E-state index in [9.17, 15) is 4.79 Å². The summed E-state index contributed by atoms with van der Waals surface area (Å²) in [5, 5.41) is 9.11. The Labute approximate surface area is 59.3 Å². The number of hydrogen-bond acceptors (Lipinski definition) is 3. The summed E-state index contributed by atoms with van der Waals surface area (Å²) in [7, 11) is 0. The summed E-state index contributed by atoms with van der Waals surface area (Å²) in [5.74, 6) is -0.266. The highest BCUT2D eigenvalue weighted by Gasteiger charge is 2.26. The van der Waals surface area contributed by atoms with Crippen molar-refractivity contribution in [2.75, 3.05) is 0 Å². The first-order valence-corrected chi connectivity index (χ1v) is 3.29. The smallest absolute Gasteiger partial charge is 0.190 e. The zero-order valence-corrected chi connectivity index (χ0v) is 5.78. The minimum Gasteiger partial charge on any atom is -0.495 e. The molecule has 0 bridgehead atoms. The molecule has 1 rings (SSSR count). The molecule has 0 aromatic rings. The van der Waals surface area contributed by atoms with Crippen molar-refractivity contribution in [3.63, 3.8) is 0 Å². The molecule has 0 radical (unpaired) electrons. The maximum Gasteiger partial charge on any atom is 0.190 e. The third-order valence-corrected chi connectivity index (χ3v) is 1.53. The van der Waals surface area contributed by atoms with E-state index in [1.165, 1.54) is 12.3 Å². The molecule has 0 spiro atoms. The predicted octanol–water partition coefficient (Wildman–Crippen LogP) is 0.239. The molecule has 3 nitrogen and oxygen atoms in total. The van der Waals surface area contributed by atoms with Gasteiger partial charge in [0.25, 0.3) is 0 Å². The van der Waals surface area contributed by atoms with Crippen LogP contribution in [0.1, 0.15) is 13.3 Å². The van der Waals surface area contributed by atoms with Gasteiger partial charge in [-0.05, 0) is 6.42 Å². The third kappa shape index (κ3) is 1.19. The maximum absolute atomic E-state index is 10.7. The van der Waals surface area contributed by atoms with Crippen LogP contribution in [-0.2, 0) is 9.53 Å². The first kappa shape index (κ1) is 7.28. The highest BCUT2D eigenvalue weighted by Crippen LogP contribution is 2.10. The highest BCUT2D eigenvalue weighted by atomic mass is 16.5. The molecule has 0 aromatic heterocycles. The summed E-state index contributed by atoms with van der Waals surface area (Å²) in [6, 6.07) is 0. The largest absolute Gasteiger partial charge is 0.495 e. The summed E-state index contributed by atoms with van der Waals surface area (Å²) in [6.07, 6.45) is 1.92. The van der Waals surface area contributed by atoms with Crippen molar-refractivity contribution in [3.8, 4) is 0 Å². The molecule has 0 amide bonds. The van der Waals surface area contributed by atoms with Gasteiger partial charge >= 0.3 is 0 Å². The van der Waals surface area contributed by atoms with Crippen molar-refractivity contribution >= 4 is 5.78 Å². The van der Waals surface area contributed by atoms with E-state index in [0.29, 0.717) is 6.42 Å². The summed E-state index contributed by atoms with van der Waals surface area (Å²) in [6.45, 7) is 1.86. The number of carbonyl (C=O) groups is 1. The molecule has 2 atom stereocenters. The van der Waals surface area contributed by atoms with E-state index in [2.05, 4.69) is 0 Å². The maximum atomic E-state index is 10.7. The van der Waals surface area contributed by atoms with E-state index < -0.39 is 6.10 Å². The van der Waals surface area contributed by atoms with Crippen LogP contribution in [0.15, 0.2) is 12.3 Å². The summed E-state index contributed by atoms with van der Waals surface area (Å²) >= 11 is 0. The number of rotatable bonds is 1. The van der Waals surface area contributed by atoms with Crippen molar-refractivity contribution in [3.05, 3.63) is 12.3 Å². The SMILES string of the molecule is CCC1OC=CC(=O)C1O. The summed E-state index contributed by atoms with van der Waals surface area (Å²) in [5.41, 5.74) is 0. The van der Waals surface area contributed by atoms with Gasteiger partial charge in [0.1, 0.15) is 6.10 Å². The summed E-state index contributed by atoms with van der Waals surface area (Å²) in [4.78, 5) is 10.7. The molecule has 0 saturated carbocycles. The Balaban J connectivity index is 2.65. The molecule has 1 N–H and O–H groups in total. The van der Waals surface area contributed by atoms with Crippen molar-refractivity contribution < 1.29 is 14.6 Å².